The number of hydrogen-bond acceptors (Lipinski definition) is 0. The second kappa shape index (κ2) is 11.5. The minimum atomic E-state index is 0.543. The second-order valence-corrected chi connectivity index (χ2v) is 7.67. The first-order chi connectivity index (χ1) is 12.3. The smallest absolute Gasteiger partial charge is 0.00949 e. The molecule has 0 bridgehead atoms. The Morgan fingerprint density at radius 1 is 0.720 bits per heavy atom. The fourth-order valence-corrected chi connectivity index (χ4v) is 3.97. The topological polar surface area (TPSA) is 0 Å². The molecule has 0 aromatic heterocycles. The highest BCUT2D eigenvalue weighted by atomic mass is 31.0. The Kier molecular flexibility index (Phi) is 9.27. The predicted molar refractivity (Wildman–Crippen MR) is 116 cm³/mol. The third kappa shape index (κ3) is 5.96. The third-order valence-electron chi connectivity index (χ3n) is 5.16. The van der Waals surface area contributed by atoms with Crippen LogP contribution in [0.5, 0.6) is 0 Å². The van der Waals surface area contributed by atoms with E-state index in [2.05, 4.69) is 71.6 Å². The molecule has 1 atom stereocenters. The fraction of sp³-hybridized carbons (Fsp3) is 0.500. The maximum absolute atomic E-state index is 2.90. The molecule has 0 aliphatic rings. The Bertz CT molecular complexity index is 565. The molecule has 2 aromatic rings. The van der Waals surface area contributed by atoms with E-state index in [9.17, 15) is 0 Å². The highest BCUT2D eigenvalue weighted by molar-refractivity contribution is 7.16. The monoisotopic (exact) mass is 354 g/mol. The van der Waals surface area contributed by atoms with Gasteiger partial charge in [-0.2, -0.15) is 0 Å². The summed E-state index contributed by atoms with van der Waals surface area (Å²) in [7, 11) is 2.90. The summed E-state index contributed by atoms with van der Waals surface area (Å²) in [6, 6.07) is 18.4. The van der Waals surface area contributed by atoms with E-state index in [1.54, 1.807) is 22.3 Å². The molecule has 0 aliphatic carbocycles. The lowest BCUT2D eigenvalue weighted by Crippen LogP contribution is -2.08. The highest BCUT2D eigenvalue weighted by Gasteiger charge is 2.19. The molecule has 136 valence electrons. The third-order valence-corrected chi connectivity index (χ3v) is 5.57. The van der Waals surface area contributed by atoms with Crippen LogP contribution in [0, 0.1) is 0 Å². The van der Waals surface area contributed by atoms with Gasteiger partial charge in [0.25, 0.3) is 0 Å². The molecular formula is C24H35P. The molecule has 0 nitrogen and oxygen atoms in total. The SMILES string of the molecule is CCCCc1ccccc1C(CCCP)c1ccccc1CCCC. The number of benzene rings is 2. The number of hydrogen-bond donors (Lipinski definition) is 0. The summed E-state index contributed by atoms with van der Waals surface area (Å²) in [5.74, 6) is 0.543. The molecule has 0 N–H and O–H groups in total. The van der Waals surface area contributed by atoms with Gasteiger partial charge in [-0.15, -0.1) is 9.24 Å². The van der Waals surface area contributed by atoms with Crippen LogP contribution >= 0.6 is 9.24 Å². The molecule has 0 spiro atoms. The zero-order valence-corrected chi connectivity index (χ0v) is 17.3. The molecule has 25 heavy (non-hydrogen) atoms. The summed E-state index contributed by atoms with van der Waals surface area (Å²) < 4.78 is 0. The van der Waals surface area contributed by atoms with E-state index >= 15 is 0 Å². The Morgan fingerprint density at radius 3 is 1.64 bits per heavy atom. The van der Waals surface area contributed by atoms with Gasteiger partial charge in [0.05, 0.1) is 0 Å². The van der Waals surface area contributed by atoms with Gasteiger partial charge in [0.1, 0.15) is 0 Å². The number of unbranched alkanes of at least 4 members (excludes halogenated alkanes) is 2. The first kappa shape index (κ1) is 20.2. The zero-order chi connectivity index (χ0) is 17.9. The van der Waals surface area contributed by atoms with E-state index in [0.29, 0.717) is 5.92 Å². The van der Waals surface area contributed by atoms with Crippen molar-refractivity contribution in [1.29, 1.82) is 0 Å². The van der Waals surface area contributed by atoms with Crippen molar-refractivity contribution in [2.45, 2.75) is 71.1 Å². The van der Waals surface area contributed by atoms with Crippen molar-refractivity contribution >= 4 is 9.24 Å². The summed E-state index contributed by atoms with van der Waals surface area (Å²) >= 11 is 0. The van der Waals surface area contributed by atoms with Crippen molar-refractivity contribution in [3.8, 4) is 0 Å². The van der Waals surface area contributed by atoms with E-state index in [0.717, 1.165) is 0 Å². The van der Waals surface area contributed by atoms with Crippen LogP contribution in [0.15, 0.2) is 48.5 Å². The lowest BCUT2D eigenvalue weighted by molar-refractivity contribution is 0.675. The first-order valence-electron chi connectivity index (χ1n) is 10.2. The molecule has 0 fully saturated rings. The van der Waals surface area contributed by atoms with Crippen molar-refractivity contribution in [2.75, 3.05) is 6.16 Å². The summed E-state index contributed by atoms with van der Waals surface area (Å²) in [5, 5.41) is 0. The van der Waals surface area contributed by atoms with Gasteiger partial charge in [-0.05, 0) is 66.9 Å². The van der Waals surface area contributed by atoms with Gasteiger partial charge < -0.3 is 0 Å². The molecule has 0 aliphatic heterocycles. The summed E-state index contributed by atoms with van der Waals surface area (Å²) in [5.41, 5.74) is 6.25. The molecule has 0 saturated heterocycles. The van der Waals surface area contributed by atoms with Gasteiger partial charge in [0.2, 0.25) is 0 Å². The first-order valence-corrected chi connectivity index (χ1v) is 11.0. The number of aryl methyl sites for hydroxylation is 2. The van der Waals surface area contributed by atoms with Crippen molar-refractivity contribution in [2.24, 2.45) is 0 Å². The molecule has 1 heteroatoms. The molecular weight excluding hydrogens is 319 g/mol. The van der Waals surface area contributed by atoms with E-state index in [1.807, 2.05) is 0 Å². The minimum absolute atomic E-state index is 0.543. The second-order valence-electron chi connectivity index (χ2n) is 7.09. The van der Waals surface area contributed by atoms with E-state index in [1.165, 1.54) is 57.5 Å². The summed E-state index contributed by atoms with van der Waals surface area (Å²) in [4.78, 5) is 0. The Hall–Kier alpha value is -1.13. The molecule has 2 rings (SSSR count). The van der Waals surface area contributed by atoms with Crippen LogP contribution < -0.4 is 0 Å². The average molecular weight is 355 g/mol. The quantitative estimate of drug-likeness (QED) is 0.376. The predicted octanol–water partition coefficient (Wildman–Crippen LogP) is 7.16. The maximum Gasteiger partial charge on any atom is 0.00949 e. The van der Waals surface area contributed by atoms with Gasteiger partial charge in [0, 0.05) is 5.92 Å². The van der Waals surface area contributed by atoms with Crippen LogP contribution in [0.25, 0.3) is 0 Å². The molecule has 2 aromatic carbocycles. The van der Waals surface area contributed by atoms with Crippen molar-refractivity contribution in [1.82, 2.24) is 0 Å². The Balaban J connectivity index is 2.40. The van der Waals surface area contributed by atoms with Crippen LogP contribution in [-0.4, -0.2) is 6.16 Å². The lowest BCUT2D eigenvalue weighted by atomic mass is 9.81. The largest absolute Gasteiger partial charge is 0.138 e. The van der Waals surface area contributed by atoms with E-state index < -0.39 is 0 Å². The van der Waals surface area contributed by atoms with Gasteiger partial charge >= 0.3 is 0 Å². The molecule has 1 unspecified atom stereocenters. The maximum atomic E-state index is 2.90. The Morgan fingerprint density at radius 2 is 1.20 bits per heavy atom. The van der Waals surface area contributed by atoms with Crippen LogP contribution in [0.3, 0.4) is 0 Å². The van der Waals surface area contributed by atoms with Gasteiger partial charge in [0.15, 0.2) is 0 Å². The van der Waals surface area contributed by atoms with Crippen LogP contribution in [0.1, 0.15) is 80.5 Å². The summed E-state index contributed by atoms with van der Waals surface area (Å²) in [6.07, 6.45) is 11.2. The average Bonchev–Trinajstić information content (AvgIpc) is 2.66. The summed E-state index contributed by atoms with van der Waals surface area (Å²) in [6.45, 7) is 4.57. The van der Waals surface area contributed by atoms with Crippen molar-refractivity contribution in [3.63, 3.8) is 0 Å². The lowest BCUT2D eigenvalue weighted by Gasteiger charge is -2.24. The van der Waals surface area contributed by atoms with Crippen molar-refractivity contribution < 1.29 is 0 Å². The van der Waals surface area contributed by atoms with E-state index in [4.69, 9.17) is 0 Å². The van der Waals surface area contributed by atoms with Gasteiger partial charge in [-0.25, -0.2) is 0 Å². The molecule has 0 amide bonds. The Labute approximate surface area is 157 Å². The minimum Gasteiger partial charge on any atom is -0.138 e. The zero-order valence-electron chi connectivity index (χ0n) is 16.1. The normalized spacial score (nSPS) is 11.2. The molecule has 0 heterocycles. The number of rotatable bonds is 11. The van der Waals surface area contributed by atoms with Crippen LogP contribution in [-0.2, 0) is 12.8 Å². The van der Waals surface area contributed by atoms with Crippen LogP contribution in [0.2, 0.25) is 0 Å². The molecule has 0 radical (unpaired) electrons. The van der Waals surface area contributed by atoms with Crippen LogP contribution in [0.4, 0.5) is 0 Å². The molecule has 0 saturated carbocycles. The van der Waals surface area contributed by atoms with Crippen molar-refractivity contribution in [3.05, 3.63) is 70.8 Å². The van der Waals surface area contributed by atoms with Gasteiger partial charge in [-0.1, -0.05) is 75.2 Å². The highest BCUT2D eigenvalue weighted by Crippen LogP contribution is 2.35. The fourth-order valence-electron chi connectivity index (χ4n) is 3.74. The van der Waals surface area contributed by atoms with E-state index in [-0.39, 0.29) is 0 Å². The van der Waals surface area contributed by atoms with Gasteiger partial charge in [-0.3, -0.25) is 0 Å². The standard InChI is InChI=1S/C24H35P/c1-3-5-12-20-14-7-9-16-22(20)24(18-11-19-25)23-17-10-8-15-21(23)13-6-4-2/h7-10,14-17,24H,3-6,11-13,18-19,25H2,1-2H3.